The maximum atomic E-state index is 12.1. The zero-order chi connectivity index (χ0) is 13.0. The minimum absolute atomic E-state index is 0.0514. The molecule has 1 aliphatic rings. The van der Waals surface area contributed by atoms with Crippen LogP contribution >= 0.6 is 15.9 Å². The Hall–Kier alpha value is -0.830. The molecule has 0 bridgehead atoms. The molecule has 0 unspecified atom stereocenters. The van der Waals surface area contributed by atoms with Crippen molar-refractivity contribution < 1.29 is 9.53 Å². The summed E-state index contributed by atoms with van der Waals surface area (Å²) in [6, 6.07) is 8.42. The lowest BCUT2D eigenvalue weighted by Gasteiger charge is -2.39. The SMILES string of the molecule is CCOC(=O)C1(c2ccc(CCBr)cc2)CCC1. The highest BCUT2D eigenvalue weighted by atomic mass is 79.9. The van der Waals surface area contributed by atoms with Crippen molar-refractivity contribution in [2.45, 2.75) is 38.0 Å². The first kappa shape index (κ1) is 13.6. The normalized spacial score (nSPS) is 17.0. The molecule has 2 rings (SSSR count). The largest absolute Gasteiger partial charge is 0.465 e. The van der Waals surface area contributed by atoms with Gasteiger partial charge in [0.15, 0.2) is 0 Å². The summed E-state index contributed by atoms with van der Waals surface area (Å²) in [4.78, 5) is 12.1. The summed E-state index contributed by atoms with van der Waals surface area (Å²) in [6.45, 7) is 2.33. The van der Waals surface area contributed by atoms with Crippen LogP contribution in [0.5, 0.6) is 0 Å². The van der Waals surface area contributed by atoms with Gasteiger partial charge < -0.3 is 4.74 Å². The molecular weight excluding hydrogens is 292 g/mol. The first-order valence-electron chi connectivity index (χ1n) is 6.55. The molecule has 0 aromatic heterocycles. The highest BCUT2D eigenvalue weighted by Gasteiger charge is 2.46. The van der Waals surface area contributed by atoms with Gasteiger partial charge in [-0.05, 0) is 37.3 Å². The van der Waals surface area contributed by atoms with E-state index < -0.39 is 0 Å². The molecular formula is C15H19BrO2. The smallest absolute Gasteiger partial charge is 0.316 e. The number of carbonyl (C=O) groups excluding carboxylic acids is 1. The van der Waals surface area contributed by atoms with E-state index in [1.165, 1.54) is 5.56 Å². The third-order valence-electron chi connectivity index (χ3n) is 3.76. The van der Waals surface area contributed by atoms with E-state index in [-0.39, 0.29) is 11.4 Å². The van der Waals surface area contributed by atoms with Crippen LogP contribution < -0.4 is 0 Å². The van der Waals surface area contributed by atoms with Gasteiger partial charge in [-0.2, -0.15) is 0 Å². The number of alkyl halides is 1. The van der Waals surface area contributed by atoms with E-state index >= 15 is 0 Å². The summed E-state index contributed by atoms with van der Waals surface area (Å²) in [7, 11) is 0. The van der Waals surface area contributed by atoms with Crippen molar-refractivity contribution in [2.75, 3.05) is 11.9 Å². The third kappa shape index (κ3) is 2.46. The van der Waals surface area contributed by atoms with Crippen molar-refractivity contribution in [1.82, 2.24) is 0 Å². The van der Waals surface area contributed by atoms with E-state index in [2.05, 4.69) is 40.2 Å². The Labute approximate surface area is 117 Å². The molecule has 0 N–H and O–H groups in total. The van der Waals surface area contributed by atoms with Crippen LogP contribution in [0, 0.1) is 0 Å². The summed E-state index contributed by atoms with van der Waals surface area (Å²) in [5.41, 5.74) is 2.06. The highest BCUT2D eigenvalue weighted by Crippen LogP contribution is 2.44. The number of aryl methyl sites for hydroxylation is 1. The standard InChI is InChI=1S/C15H19BrO2/c1-2-18-14(17)15(9-3-10-15)13-6-4-12(5-7-13)8-11-16/h4-7H,2-3,8-11H2,1H3. The molecule has 3 heteroatoms. The van der Waals surface area contributed by atoms with Crippen molar-refractivity contribution in [1.29, 1.82) is 0 Å². The second kappa shape index (κ2) is 5.87. The van der Waals surface area contributed by atoms with Gasteiger partial charge in [-0.1, -0.05) is 46.6 Å². The number of hydrogen-bond donors (Lipinski definition) is 0. The fraction of sp³-hybridized carbons (Fsp3) is 0.533. The first-order valence-corrected chi connectivity index (χ1v) is 7.67. The second-order valence-electron chi connectivity index (χ2n) is 4.79. The Morgan fingerprint density at radius 3 is 2.44 bits per heavy atom. The third-order valence-corrected chi connectivity index (χ3v) is 4.16. The predicted octanol–water partition coefficient (Wildman–Crippen LogP) is 3.61. The molecule has 1 fully saturated rings. The number of carbonyl (C=O) groups is 1. The predicted molar refractivity (Wildman–Crippen MR) is 76.1 cm³/mol. The fourth-order valence-electron chi connectivity index (χ4n) is 2.51. The Kier molecular flexibility index (Phi) is 4.44. The van der Waals surface area contributed by atoms with Crippen molar-refractivity contribution in [3.63, 3.8) is 0 Å². The summed E-state index contributed by atoms with van der Waals surface area (Å²) in [5.74, 6) is -0.0514. The number of esters is 1. The molecule has 0 aliphatic heterocycles. The van der Waals surface area contributed by atoms with Crippen LogP contribution in [0.2, 0.25) is 0 Å². The monoisotopic (exact) mass is 310 g/mol. The van der Waals surface area contributed by atoms with Crippen molar-refractivity contribution >= 4 is 21.9 Å². The van der Waals surface area contributed by atoms with Gasteiger partial charge in [0, 0.05) is 5.33 Å². The Morgan fingerprint density at radius 2 is 2.00 bits per heavy atom. The van der Waals surface area contributed by atoms with Crippen molar-refractivity contribution in [3.8, 4) is 0 Å². The molecule has 1 aliphatic carbocycles. The highest BCUT2D eigenvalue weighted by molar-refractivity contribution is 9.09. The molecule has 0 atom stereocenters. The summed E-state index contributed by atoms with van der Waals surface area (Å²) in [5, 5.41) is 0.968. The zero-order valence-electron chi connectivity index (χ0n) is 10.7. The molecule has 1 saturated carbocycles. The van der Waals surface area contributed by atoms with Crippen LogP contribution in [-0.2, 0) is 21.4 Å². The number of benzene rings is 1. The molecule has 1 aromatic rings. The molecule has 0 saturated heterocycles. The van der Waals surface area contributed by atoms with Gasteiger partial charge in [-0.3, -0.25) is 4.79 Å². The molecule has 0 radical (unpaired) electrons. The second-order valence-corrected chi connectivity index (χ2v) is 5.59. The summed E-state index contributed by atoms with van der Waals surface area (Å²) < 4.78 is 5.23. The van der Waals surface area contributed by atoms with E-state index in [9.17, 15) is 4.79 Å². The van der Waals surface area contributed by atoms with E-state index in [0.717, 1.165) is 36.6 Å². The lowest BCUT2D eigenvalue weighted by atomic mass is 9.64. The zero-order valence-corrected chi connectivity index (χ0v) is 12.3. The average Bonchev–Trinajstić information content (AvgIpc) is 2.30. The Balaban J connectivity index is 2.19. The van der Waals surface area contributed by atoms with Gasteiger partial charge in [0.25, 0.3) is 0 Å². The van der Waals surface area contributed by atoms with Gasteiger partial charge in [0.1, 0.15) is 0 Å². The van der Waals surface area contributed by atoms with E-state index in [1.54, 1.807) is 0 Å². The first-order chi connectivity index (χ1) is 8.73. The number of ether oxygens (including phenoxy) is 1. The molecule has 1 aromatic carbocycles. The fourth-order valence-corrected chi connectivity index (χ4v) is 2.97. The number of halogens is 1. The van der Waals surface area contributed by atoms with Crippen LogP contribution in [-0.4, -0.2) is 17.9 Å². The van der Waals surface area contributed by atoms with E-state index in [4.69, 9.17) is 4.74 Å². The topological polar surface area (TPSA) is 26.3 Å². The minimum atomic E-state index is -0.358. The van der Waals surface area contributed by atoms with Gasteiger partial charge in [-0.15, -0.1) is 0 Å². The van der Waals surface area contributed by atoms with E-state index in [0.29, 0.717) is 6.61 Å². The van der Waals surface area contributed by atoms with Crippen LogP contribution in [0.1, 0.15) is 37.3 Å². The summed E-state index contributed by atoms with van der Waals surface area (Å²) in [6.07, 6.45) is 3.97. The van der Waals surface area contributed by atoms with Gasteiger partial charge >= 0.3 is 5.97 Å². The molecule has 0 spiro atoms. The van der Waals surface area contributed by atoms with Gasteiger partial charge in [0.05, 0.1) is 12.0 Å². The maximum absolute atomic E-state index is 12.1. The van der Waals surface area contributed by atoms with Crippen LogP contribution in [0.15, 0.2) is 24.3 Å². The van der Waals surface area contributed by atoms with Crippen LogP contribution in [0.3, 0.4) is 0 Å². The molecule has 98 valence electrons. The molecule has 0 amide bonds. The summed E-state index contributed by atoms with van der Waals surface area (Å²) >= 11 is 3.44. The minimum Gasteiger partial charge on any atom is -0.465 e. The molecule has 18 heavy (non-hydrogen) atoms. The van der Waals surface area contributed by atoms with Gasteiger partial charge in [0.2, 0.25) is 0 Å². The quantitative estimate of drug-likeness (QED) is 0.613. The Morgan fingerprint density at radius 1 is 1.33 bits per heavy atom. The van der Waals surface area contributed by atoms with Gasteiger partial charge in [-0.25, -0.2) is 0 Å². The number of hydrogen-bond acceptors (Lipinski definition) is 2. The Bertz CT molecular complexity index is 407. The molecule has 0 heterocycles. The van der Waals surface area contributed by atoms with Crippen molar-refractivity contribution in [3.05, 3.63) is 35.4 Å². The van der Waals surface area contributed by atoms with Crippen molar-refractivity contribution in [2.24, 2.45) is 0 Å². The lowest BCUT2D eigenvalue weighted by Crippen LogP contribution is -2.43. The van der Waals surface area contributed by atoms with E-state index in [1.807, 2.05) is 6.92 Å². The van der Waals surface area contributed by atoms with Crippen LogP contribution in [0.25, 0.3) is 0 Å². The number of rotatable bonds is 5. The maximum Gasteiger partial charge on any atom is 0.316 e. The molecule has 2 nitrogen and oxygen atoms in total. The average molecular weight is 311 g/mol. The lowest BCUT2D eigenvalue weighted by molar-refractivity contribution is -0.153. The van der Waals surface area contributed by atoms with Crippen LogP contribution in [0.4, 0.5) is 0 Å².